The molecule has 2 aromatic rings. The number of aryl methyl sites for hydroxylation is 1. The van der Waals surface area contributed by atoms with Gasteiger partial charge in [0.1, 0.15) is 11.6 Å². The Hall–Kier alpha value is -2.54. The fourth-order valence-electron chi connectivity index (χ4n) is 3.91. The van der Waals surface area contributed by atoms with E-state index < -0.39 is 0 Å². The van der Waals surface area contributed by atoms with Crippen molar-refractivity contribution in [3.05, 3.63) is 47.2 Å². The second-order valence-corrected chi connectivity index (χ2v) is 7.52. The summed E-state index contributed by atoms with van der Waals surface area (Å²) in [7, 11) is 0. The Balaban J connectivity index is 1.47. The lowest BCUT2D eigenvalue weighted by molar-refractivity contribution is 0.0710. The van der Waals surface area contributed by atoms with Gasteiger partial charge >= 0.3 is 0 Å². The number of hydrogen-bond donors (Lipinski definition) is 0. The van der Waals surface area contributed by atoms with Crippen molar-refractivity contribution in [2.24, 2.45) is 0 Å². The molecule has 28 heavy (non-hydrogen) atoms. The van der Waals surface area contributed by atoms with Crippen LogP contribution in [-0.2, 0) is 4.74 Å². The number of amides is 1. The van der Waals surface area contributed by atoms with Gasteiger partial charge in [0.05, 0.1) is 18.8 Å². The van der Waals surface area contributed by atoms with Crippen LogP contribution in [0.3, 0.4) is 0 Å². The van der Waals surface area contributed by atoms with Crippen molar-refractivity contribution in [3.8, 4) is 0 Å². The summed E-state index contributed by atoms with van der Waals surface area (Å²) in [6, 6.07) is 3.62. The molecule has 0 unspecified atom stereocenters. The first-order chi connectivity index (χ1) is 13.6. The number of rotatable bonds is 3. The maximum atomic E-state index is 12.6. The molecule has 0 aromatic carbocycles. The monoisotopic (exact) mass is 381 g/mol. The van der Waals surface area contributed by atoms with Crippen molar-refractivity contribution in [2.75, 3.05) is 44.3 Å². The zero-order valence-corrected chi connectivity index (χ0v) is 16.6. The van der Waals surface area contributed by atoms with Crippen molar-refractivity contribution in [1.82, 2.24) is 19.9 Å². The second kappa shape index (κ2) is 8.22. The predicted octanol–water partition coefficient (Wildman–Crippen LogP) is 2.34. The van der Waals surface area contributed by atoms with Crippen molar-refractivity contribution in [2.45, 2.75) is 32.6 Å². The van der Waals surface area contributed by atoms with Crippen LogP contribution in [-0.4, -0.2) is 65.2 Å². The van der Waals surface area contributed by atoms with E-state index in [0.717, 1.165) is 75.1 Å². The van der Waals surface area contributed by atoms with E-state index in [2.05, 4.69) is 23.7 Å². The minimum absolute atomic E-state index is 0.0570. The van der Waals surface area contributed by atoms with E-state index in [-0.39, 0.29) is 11.8 Å². The van der Waals surface area contributed by atoms with E-state index in [4.69, 9.17) is 14.7 Å². The van der Waals surface area contributed by atoms with Gasteiger partial charge in [-0.15, -0.1) is 0 Å². The number of morpholine rings is 1. The Labute approximate surface area is 165 Å². The molecule has 4 rings (SSSR count). The largest absolute Gasteiger partial charge is 0.378 e. The summed E-state index contributed by atoms with van der Waals surface area (Å²) in [5.74, 6) is 2.30. The Morgan fingerprint density at radius 3 is 2.54 bits per heavy atom. The number of carbonyl (C=O) groups is 1. The van der Waals surface area contributed by atoms with Gasteiger partial charge in [0, 0.05) is 55.7 Å². The zero-order chi connectivity index (χ0) is 19.5. The van der Waals surface area contributed by atoms with Crippen LogP contribution in [0.4, 0.5) is 5.82 Å². The van der Waals surface area contributed by atoms with Crippen LogP contribution in [0.25, 0.3) is 0 Å². The van der Waals surface area contributed by atoms with Gasteiger partial charge in [-0.3, -0.25) is 9.78 Å². The summed E-state index contributed by atoms with van der Waals surface area (Å²) in [5, 5.41) is 0. The summed E-state index contributed by atoms with van der Waals surface area (Å²) in [6.07, 6.45) is 5.09. The predicted molar refractivity (Wildman–Crippen MR) is 107 cm³/mol. The molecular formula is C21H27N5O2. The number of aromatic nitrogens is 3. The molecule has 0 radical (unpaired) electrons. The number of pyridine rings is 1. The minimum atomic E-state index is 0.0570. The van der Waals surface area contributed by atoms with Crippen molar-refractivity contribution >= 4 is 11.7 Å². The van der Waals surface area contributed by atoms with Gasteiger partial charge < -0.3 is 14.5 Å². The Morgan fingerprint density at radius 2 is 1.86 bits per heavy atom. The molecule has 0 atom stereocenters. The van der Waals surface area contributed by atoms with Crippen molar-refractivity contribution in [3.63, 3.8) is 0 Å². The number of likely N-dealkylation sites (tertiary alicyclic amines) is 1. The van der Waals surface area contributed by atoms with Crippen LogP contribution < -0.4 is 4.90 Å². The molecule has 2 aliphatic heterocycles. The molecule has 0 N–H and O–H groups in total. The molecule has 1 amide bonds. The number of carbonyl (C=O) groups excluding carboxylic acids is 1. The standard InChI is InChI=1S/C21H27N5O2/c1-15-16(2)23-19(24-20(15)25-10-12-28-13-11-25)17-5-8-26(9-6-17)21(27)18-4-3-7-22-14-18/h3-4,7,14,17H,5-6,8-13H2,1-2H3. The Morgan fingerprint density at radius 1 is 1.11 bits per heavy atom. The lowest BCUT2D eigenvalue weighted by Crippen LogP contribution is -2.39. The number of nitrogens with zero attached hydrogens (tertiary/aromatic N) is 5. The number of ether oxygens (including phenoxy) is 1. The molecule has 2 saturated heterocycles. The normalized spacial score (nSPS) is 18.4. The lowest BCUT2D eigenvalue weighted by Gasteiger charge is -2.33. The first kappa shape index (κ1) is 18.8. The molecule has 0 aliphatic carbocycles. The molecule has 0 saturated carbocycles. The first-order valence-corrected chi connectivity index (χ1v) is 10.0. The quantitative estimate of drug-likeness (QED) is 0.813. The van der Waals surface area contributed by atoms with E-state index >= 15 is 0 Å². The third kappa shape index (κ3) is 3.85. The summed E-state index contributed by atoms with van der Waals surface area (Å²) in [4.78, 5) is 30.7. The van der Waals surface area contributed by atoms with Crippen LogP contribution in [0.1, 0.15) is 46.2 Å². The molecule has 7 nitrogen and oxygen atoms in total. The topological polar surface area (TPSA) is 71.5 Å². The second-order valence-electron chi connectivity index (χ2n) is 7.52. The van der Waals surface area contributed by atoms with Crippen molar-refractivity contribution in [1.29, 1.82) is 0 Å². The average molecular weight is 381 g/mol. The fraction of sp³-hybridized carbons (Fsp3) is 0.524. The lowest BCUT2D eigenvalue weighted by atomic mass is 9.95. The molecule has 2 fully saturated rings. The molecule has 148 valence electrons. The highest BCUT2D eigenvalue weighted by Crippen LogP contribution is 2.30. The molecule has 2 aliphatic rings. The van der Waals surface area contributed by atoms with E-state index in [1.165, 1.54) is 0 Å². The summed E-state index contributed by atoms with van der Waals surface area (Å²) >= 11 is 0. The highest BCUT2D eigenvalue weighted by Gasteiger charge is 2.28. The van der Waals surface area contributed by atoms with Gasteiger partial charge in [-0.2, -0.15) is 0 Å². The SMILES string of the molecule is Cc1nc(C2CCN(C(=O)c3cccnc3)CC2)nc(N2CCOCC2)c1C. The van der Waals surface area contributed by atoms with Gasteiger partial charge in [0.2, 0.25) is 0 Å². The van der Waals surface area contributed by atoms with E-state index in [0.29, 0.717) is 5.56 Å². The summed E-state index contributed by atoms with van der Waals surface area (Å²) < 4.78 is 5.48. The van der Waals surface area contributed by atoms with Gasteiger partial charge in [-0.25, -0.2) is 9.97 Å². The van der Waals surface area contributed by atoms with E-state index in [1.807, 2.05) is 11.0 Å². The molecule has 0 bridgehead atoms. The molecule has 2 aromatic heterocycles. The summed E-state index contributed by atoms with van der Waals surface area (Å²) in [5.41, 5.74) is 2.84. The molecule has 0 spiro atoms. The number of piperidine rings is 1. The van der Waals surface area contributed by atoms with Gasteiger partial charge in [-0.05, 0) is 38.8 Å². The molecule has 4 heterocycles. The maximum Gasteiger partial charge on any atom is 0.255 e. The Kier molecular flexibility index (Phi) is 5.52. The highest BCUT2D eigenvalue weighted by molar-refractivity contribution is 5.93. The van der Waals surface area contributed by atoms with Gasteiger partial charge in [0.25, 0.3) is 5.91 Å². The minimum Gasteiger partial charge on any atom is -0.378 e. The van der Waals surface area contributed by atoms with Gasteiger partial charge in [-0.1, -0.05) is 0 Å². The van der Waals surface area contributed by atoms with Gasteiger partial charge in [0.15, 0.2) is 0 Å². The van der Waals surface area contributed by atoms with E-state index in [1.54, 1.807) is 18.5 Å². The fourth-order valence-corrected chi connectivity index (χ4v) is 3.91. The highest BCUT2D eigenvalue weighted by atomic mass is 16.5. The first-order valence-electron chi connectivity index (χ1n) is 10.0. The van der Waals surface area contributed by atoms with Crippen LogP contribution in [0.15, 0.2) is 24.5 Å². The third-order valence-corrected chi connectivity index (χ3v) is 5.75. The van der Waals surface area contributed by atoms with Crippen molar-refractivity contribution < 1.29 is 9.53 Å². The van der Waals surface area contributed by atoms with Crippen LogP contribution in [0.5, 0.6) is 0 Å². The smallest absolute Gasteiger partial charge is 0.255 e. The summed E-state index contributed by atoms with van der Waals surface area (Å²) in [6.45, 7) is 8.83. The van der Waals surface area contributed by atoms with Crippen LogP contribution >= 0.6 is 0 Å². The van der Waals surface area contributed by atoms with Crippen LogP contribution in [0, 0.1) is 13.8 Å². The average Bonchev–Trinajstić information content (AvgIpc) is 2.76. The molecule has 7 heteroatoms. The Bertz CT molecular complexity index is 828. The van der Waals surface area contributed by atoms with E-state index in [9.17, 15) is 4.79 Å². The number of hydrogen-bond acceptors (Lipinski definition) is 6. The van der Waals surface area contributed by atoms with Crippen LogP contribution in [0.2, 0.25) is 0 Å². The molecular weight excluding hydrogens is 354 g/mol. The zero-order valence-electron chi connectivity index (χ0n) is 16.6. The number of anilines is 1. The third-order valence-electron chi connectivity index (χ3n) is 5.75. The maximum absolute atomic E-state index is 12.6.